The second kappa shape index (κ2) is 5.12. The lowest BCUT2D eigenvalue weighted by Gasteiger charge is -2.07. The Morgan fingerprint density at radius 2 is 2.10 bits per heavy atom. The van der Waals surface area contributed by atoms with E-state index in [2.05, 4.69) is 5.10 Å². The number of nitro benzene ring substituents is 1. The number of aromatic nitrogens is 2. The molecule has 0 atom stereocenters. The second-order valence-electron chi connectivity index (χ2n) is 4.38. The summed E-state index contributed by atoms with van der Waals surface area (Å²) in [6.45, 7) is 3.42. The highest BCUT2D eigenvalue weighted by Gasteiger charge is 2.20. The third-order valence-electron chi connectivity index (χ3n) is 2.85. The van der Waals surface area contributed by atoms with E-state index in [-0.39, 0.29) is 22.9 Å². The molecule has 1 aromatic heterocycles. The van der Waals surface area contributed by atoms with Crippen LogP contribution in [-0.2, 0) is 7.05 Å². The van der Waals surface area contributed by atoms with Gasteiger partial charge in [-0.2, -0.15) is 5.10 Å². The Hall–Kier alpha value is -2.70. The number of benzene rings is 1. The molecule has 104 valence electrons. The fraction of sp³-hybridized carbons (Fsp3) is 0.231. The van der Waals surface area contributed by atoms with Gasteiger partial charge in [-0.1, -0.05) is 6.07 Å². The molecule has 0 aliphatic rings. The van der Waals surface area contributed by atoms with Crippen molar-refractivity contribution in [1.82, 2.24) is 9.78 Å². The maximum absolute atomic E-state index is 11.1. The van der Waals surface area contributed by atoms with Gasteiger partial charge in [0.25, 0.3) is 0 Å². The Bertz CT molecular complexity index is 691. The Labute approximate surface area is 114 Å². The van der Waals surface area contributed by atoms with Crippen LogP contribution in [0, 0.1) is 24.0 Å². The van der Waals surface area contributed by atoms with Crippen molar-refractivity contribution < 1.29 is 14.5 Å². The molecule has 0 fully saturated rings. The van der Waals surface area contributed by atoms with Crippen LogP contribution in [0.5, 0.6) is 11.6 Å². The van der Waals surface area contributed by atoms with Gasteiger partial charge >= 0.3 is 5.69 Å². The fourth-order valence-electron chi connectivity index (χ4n) is 1.87. The lowest BCUT2D eigenvalue weighted by Crippen LogP contribution is -1.99. The van der Waals surface area contributed by atoms with E-state index in [9.17, 15) is 14.9 Å². The Morgan fingerprint density at radius 1 is 1.40 bits per heavy atom. The molecule has 7 heteroatoms. The first-order chi connectivity index (χ1) is 9.43. The molecule has 0 saturated heterocycles. The van der Waals surface area contributed by atoms with E-state index >= 15 is 0 Å². The fourth-order valence-corrected chi connectivity index (χ4v) is 1.87. The zero-order chi connectivity index (χ0) is 14.9. The topological polar surface area (TPSA) is 87.3 Å². The highest BCUT2D eigenvalue weighted by molar-refractivity contribution is 5.80. The van der Waals surface area contributed by atoms with Crippen LogP contribution in [0.15, 0.2) is 18.2 Å². The van der Waals surface area contributed by atoms with Crippen LogP contribution in [-0.4, -0.2) is 21.0 Å². The summed E-state index contributed by atoms with van der Waals surface area (Å²) in [6, 6.07) is 4.62. The molecule has 0 spiro atoms. The van der Waals surface area contributed by atoms with Crippen LogP contribution in [0.2, 0.25) is 0 Å². The van der Waals surface area contributed by atoms with Crippen molar-refractivity contribution in [2.24, 2.45) is 7.05 Å². The van der Waals surface area contributed by atoms with Crippen LogP contribution in [0.1, 0.15) is 21.6 Å². The molecule has 1 aromatic carbocycles. The Kier molecular flexibility index (Phi) is 3.51. The number of ether oxygens (including phenoxy) is 1. The summed E-state index contributed by atoms with van der Waals surface area (Å²) in [4.78, 5) is 21.6. The molecule has 20 heavy (non-hydrogen) atoms. The molecule has 1 heterocycles. The van der Waals surface area contributed by atoms with E-state index in [1.807, 2.05) is 0 Å². The lowest BCUT2D eigenvalue weighted by atomic mass is 10.2. The number of carbonyl (C=O) groups excluding carboxylic acids is 1. The summed E-state index contributed by atoms with van der Waals surface area (Å²) in [6.07, 6.45) is 0.623. The maximum Gasteiger partial charge on any atom is 0.311 e. The van der Waals surface area contributed by atoms with Crippen molar-refractivity contribution in [3.8, 4) is 11.6 Å². The largest absolute Gasteiger partial charge is 0.431 e. The predicted octanol–water partition coefficient (Wildman–Crippen LogP) is 2.55. The minimum absolute atomic E-state index is 0.0756. The first kappa shape index (κ1) is 13.7. The molecule has 0 aliphatic carbocycles. The Balaban J connectivity index is 2.50. The zero-order valence-corrected chi connectivity index (χ0v) is 11.3. The normalized spacial score (nSPS) is 10.3. The van der Waals surface area contributed by atoms with Gasteiger partial charge in [0.15, 0.2) is 6.29 Å². The summed E-state index contributed by atoms with van der Waals surface area (Å²) in [5.74, 6) is 0.260. The first-order valence-corrected chi connectivity index (χ1v) is 5.85. The monoisotopic (exact) mass is 275 g/mol. The minimum atomic E-state index is -0.522. The highest BCUT2D eigenvalue weighted by Crippen LogP contribution is 2.33. The number of hydrogen-bond acceptors (Lipinski definition) is 5. The highest BCUT2D eigenvalue weighted by atomic mass is 16.6. The zero-order valence-electron chi connectivity index (χ0n) is 11.3. The van der Waals surface area contributed by atoms with Gasteiger partial charge in [-0.05, 0) is 25.5 Å². The van der Waals surface area contributed by atoms with Gasteiger partial charge in [-0.3, -0.25) is 14.9 Å². The average molecular weight is 275 g/mol. The van der Waals surface area contributed by atoms with E-state index in [4.69, 9.17) is 4.74 Å². The molecule has 2 aromatic rings. The van der Waals surface area contributed by atoms with E-state index in [1.54, 1.807) is 27.0 Å². The smallest absolute Gasteiger partial charge is 0.311 e. The molecule has 0 unspecified atom stereocenters. The molecule has 0 amide bonds. The first-order valence-electron chi connectivity index (χ1n) is 5.85. The van der Waals surface area contributed by atoms with Crippen molar-refractivity contribution in [2.45, 2.75) is 13.8 Å². The molecular formula is C13H13N3O4. The number of aryl methyl sites for hydroxylation is 3. The van der Waals surface area contributed by atoms with Gasteiger partial charge in [0, 0.05) is 13.1 Å². The van der Waals surface area contributed by atoms with Crippen molar-refractivity contribution in [2.75, 3.05) is 0 Å². The molecular weight excluding hydrogens is 262 g/mol. The van der Waals surface area contributed by atoms with Crippen molar-refractivity contribution in [1.29, 1.82) is 0 Å². The average Bonchev–Trinajstić information content (AvgIpc) is 2.65. The third-order valence-corrected chi connectivity index (χ3v) is 2.85. The summed E-state index contributed by atoms with van der Waals surface area (Å²) in [5, 5.41) is 15.1. The van der Waals surface area contributed by atoms with Crippen molar-refractivity contribution in [3.63, 3.8) is 0 Å². The second-order valence-corrected chi connectivity index (χ2v) is 4.38. The standard InChI is InChI=1S/C13H13N3O4/c1-8-4-5-12(11(6-8)16(18)19)20-13-10(7-17)9(2)14-15(13)3/h4-7H,1-3H3. The summed E-state index contributed by atoms with van der Waals surface area (Å²) in [5.41, 5.74) is 1.39. The van der Waals surface area contributed by atoms with Crippen LogP contribution in [0.25, 0.3) is 0 Å². The summed E-state index contributed by atoms with van der Waals surface area (Å²) >= 11 is 0. The molecule has 0 N–H and O–H groups in total. The van der Waals surface area contributed by atoms with E-state index in [1.165, 1.54) is 16.8 Å². The molecule has 0 radical (unpaired) electrons. The number of aldehydes is 1. The number of nitrogens with zero attached hydrogens (tertiary/aromatic N) is 3. The van der Waals surface area contributed by atoms with Gasteiger partial charge in [0.2, 0.25) is 11.6 Å². The van der Waals surface area contributed by atoms with Crippen LogP contribution in [0.3, 0.4) is 0 Å². The van der Waals surface area contributed by atoms with Gasteiger partial charge in [0.05, 0.1) is 16.2 Å². The quantitative estimate of drug-likeness (QED) is 0.486. The third kappa shape index (κ3) is 2.37. The van der Waals surface area contributed by atoms with Crippen molar-refractivity contribution >= 4 is 12.0 Å². The van der Waals surface area contributed by atoms with E-state index in [0.717, 1.165) is 5.56 Å². The van der Waals surface area contributed by atoms with Crippen LogP contribution < -0.4 is 4.74 Å². The predicted molar refractivity (Wildman–Crippen MR) is 71.2 cm³/mol. The minimum Gasteiger partial charge on any atom is -0.431 e. The van der Waals surface area contributed by atoms with Crippen LogP contribution >= 0.6 is 0 Å². The summed E-state index contributed by atoms with van der Waals surface area (Å²) in [7, 11) is 1.61. The molecule has 2 rings (SSSR count). The SMILES string of the molecule is Cc1ccc(Oc2c(C=O)c(C)nn2C)c([N+](=O)[O-])c1. The number of hydrogen-bond donors (Lipinski definition) is 0. The molecule has 7 nitrogen and oxygen atoms in total. The van der Waals surface area contributed by atoms with Gasteiger partial charge in [-0.25, -0.2) is 4.68 Å². The number of carbonyl (C=O) groups is 1. The number of rotatable bonds is 4. The molecule has 0 bridgehead atoms. The number of nitro groups is 1. The summed E-state index contributed by atoms with van der Waals surface area (Å²) < 4.78 is 6.90. The Morgan fingerprint density at radius 3 is 2.70 bits per heavy atom. The van der Waals surface area contributed by atoms with Gasteiger partial charge < -0.3 is 4.74 Å². The van der Waals surface area contributed by atoms with Crippen LogP contribution in [0.4, 0.5) is 5.69 Å². The molecule has 0 aliphatic heterocycles. The molecule has 0 saturated carbocycles. The van der Waals surface area contributed by atoms with Crippen molar-refractivity contribution in [3.05, 3.63) is 45.1 Å². The van der Waals surface area contributed by atoms with E-state index < -0.39 is 4.92 Å². The lowest BCUT2D eigenvalue weighted by molar-refractivity contribution is -0.385. The maximum atomic E-state index is 11.1. The van der Waals surface area contributed by atoms with E-state index in [0.29, 0.717) is 12.0 Å². The van der Waals surface area contributed by atoms with Gasteiger partial charge in [-0.15, -0.1) is 0 Å². The van der Waals surface area contributed by atoms with Gasteiger partial charge in [0.1, 0.15) is 0 Å².